The largest absolute Gasteiger partial charge is 0.422 e. The van der Waals surface area contributed by atoms with E-state index in [1.165, 1.54) is 28.5 Å². The van der Waals surface area contributed by atoms with Crippen LogP contribution in [0.5, 0.6) is 0 Å². The molecule has 0 amide bonds. The second-order valence-corrected chi connectivity index (χ2v) is 9.86. The summed E-state index contributed by atoms with van der Waals surface area (Å²) in [5, 5.41) is 2.15. The molecule has 1 fully saturated rings. The lowest BCUT2D eigenvalue weighted by Crippen LogP contribution is -2.17. The van der Waals surface area contributed by atoms with E-state index < -0.39 is 0 Å². The summed E-state index contributed by atoms with van der Waals surface area (Å²) in [4.78, 5) is 15.0. The van der Waals surface area contributed by atoms with Gasteiger partial charge in [-0.2, -0.15) is 0 Å². The summed E-state index contributed by atoms with van der Waals surface area (Å²) in [5.41, 5.74) is 4.41. The van der Waals surface area contributed by atoms with Crippen molar-refractivity contribution in [3.63, 3.8) is 0 Å². The molecule has 5 heteroatoms. The van der Waals surface area contributed by atoms with E-state index >= 15 is 0 Å². The van der Waals surface area contributed by atoms with Crippen LogP contribution in [0.4, 0.5) is 5.69 Å². The lowest BCUT2D eigenvalue weighted by atomic mass is 10.0. The number of aryl methyl sites for hydroxylation is 1. The summed E-state index contributed by atoms with van der Waals surface area (Å²) in [6.45, 7) is 4.13. The predicted molar refractivity (Wildman–Crippen MR) is 133 cm³/mol. The first-order chi connectivity index (χ1) is 15.1. The van der Waals surface area contributed by atoms with Crippen LogP contribution in [-0.4, -0.2) is 13.1 Å². The Balaban J connectivity index is 1.37. The monoisotopic (exact) mass is 449 g/mol. The number of rotatable bonds is 5. The molecule has 31 heavy (non-hydrogen) atoms. The summed E-state index contributed by atoms with van der Waals surface area (Å²) in [6.07, 6.45) is 6.33. The van der Waals surface area contributed by atoms with Crippen LogP contribution in [0, 0.1) is 0 Å². The van der Waals surface area contributed by atoms with Gasteiger partial charge in [-0.25, -0.2) is 4.79 Å². The van der Waals surface area contributed by atoms with Gasteiger partial charge in [-0.05, 0) is 73.4 Å². The minimum atomic E-state index is -0.271. The average molecular weight is 450 g/mol. The van der Waals surface area contributed by atoms with Gasteiger partial charge < -0.3 is 9.32 Å². The molecule has 0 aliphatic carbocycles. The lowest BCUT2D eigenvalue weighted by Gasteiger charge is -2.17. The number of nitrogens with zero attached hydrogens (tertiary/aromatic N) is 1. The molecule has 0 N–H and O–H groups in total. The third kappa shape index (κ3) is 4.15. The number of thiophene rings is 1. The Labute approximate surface area is 190 Å². The average Bonchev–Trinajstić information content (AvgIpc) is 3.42. The Morgan fingerprint density at radius 1 is 1.13 bits per heavy atom. The van der Waals surface area contributed by atoms with E-state index in [9.17, 15) is 4.79 Å². The normalized spacial score (nSPS) is 14.8. The number of benzene rings is 2. The molecule has 0 atom stereocenters. The van der Waals surface area contributed by atoms with E-state index in [-0.39, 0.29) is 5.63 Å². The molecule has 2 aromatic carbocycles. The van der Waals surface area contributed by atoms with Gasteiger partial charge >= 0.3 is 5.63 Å². The van der Waals surface area contributed by atoms with Crippen molar-refractivity contribution < 1.29 is 4.42 Å². The van der Waals surface area contributed by atoms with Crippen molar-refractivity contribution in [3.05, 3.63) is 80.5 Å². The molecule has 2 aromatic heterocycles. The fourth-order valence-corrected chi connectivity index (χ4v) is 5.67. The summed E-state index contributed by atoms with van der Waals surface area (Å²) in [6, 6.07) is 16.5. The van der Waals surface area contributed by atoms with E-state index in [1.54, 1.807) is 11.3 Å². The van der Waals surface area contributed by atoms with Crippen LogP contribution in [0.1, 0.15) is 37.3 Å². The molecule has 0 spiro atoms. The first kappa shape index (κ1) is 20.3. The summed E-state index contributed by atoms with van der Waals surface area (Å²) in [5.74, 6) is 0. The zero-order valence-electron chi connectivity index (χ0n) is 17.5. The molecule has 1 aliphatic rings. The molecule has 0 saturated carbocycles. The van der Waals surface area contributed by atoms with Crippen molar-refractivity contribution in [2.24, 2.45) is 0 Å². The first-order valence-electron chi connectivity index (χ1n) is 10.8. The van der Waals surface area contributed by atoms with Gasteiger partial charge in [0.15, 0.2) is 0 Å². The number of fused-ring (bicyclic) bond motifs is 2. The smallest absolute Gasteiger partial charge is 0.343 e. The Morgan fingerprint density at radius 3 is 2.81 bits per heavy atom. The van der Waals surface area contributed by atoms with Gasteiger partial charge in [0.25, 0.3) is 0 Å². The van der Waals surface area contributed by atoms with Gasteiger partial charge in [0.2, 0.25) is 0 Å². The van der Waals surface area contributed by atoms with Crippen LogP contribution in [0.25, 0.3) is 26.6 Å². The van der Waals surface area contributed by atoms with Gasteiger partial charge in [-0.15, -0.1) is 11.3 Å². The van der Waals surface area contributed by atoms with Gasteiger partial charge in [0.05, 0.1) is 9.90 Å². The fraction of sp³-hybridized carbons (Fsp3) is 0.269. The van der Waals surface area contributed by atoms with Crippen LogP contribution in [0.2, 0.25) is 4.34 Å². The number of hydrogen-bond donors (Lipinski definition) is 0. The zero-order chi connectivity index (χ0) is 21.4. The predicted octanol–water partition coefficient (Wildman–Crippen LogP) is 7.30. The number of anilines is 1. The highest BCUT2D eigenvalue weighted by atomic mass is 35.5. The quantitative estimate of drug-likeness (QED) is 0.300. The number of allylic oxidation sites excluding steroid dienone is 2. The van der Waals surface area contributed by atoms with Crippen LogP contribution >= 0.6 is 22.9 Å². The maximum absolute atomic E-state index is 12.7. The van der Waals surface area contributed by atoms with Crippen molar-refractivity contribution in [3.8, 4) is 0 Å². The van der Waals surface area contributed by atoms with E-state index in [2.05, 4.69) is 41.3 Å². The van der Waals surface area contributed by atoms with Gasteiger partial charge in [-0.1, -0.05) is 35.9 Å². The lowest BCUT2D eigenvalue weighted by molar-refractivity contribution is 0.558. The SMILES string of the molecule is C/C(=C\CCc1cccc2cc(Cl)sc12)c1cc2ccc(N3CCCC3)cc2oc1=O. The molecule has 0 unspecified atom stereocenters. The highest BCUT2D eigenvalue weighted by Crippen LogP contribution is 2.32. The summed E-state index contributed by atoms with van der Waals surface area (Å²) in [7, 11) is 0. The molecule has 0 bridgehead atoms. The summed E-state index contributed by atoms with van der Waals surface area (Å²) >= 11 is 7.81. The second-order valence-electron chi connectivity index (χ2n) is 8.18. The van der Waals surface area contributed by atoms with Crippen molar-refractivity contribution in [2.45, 2.75) is 32.6 Å². The molecule has 3 nitrogen and oxygen atoms in total. The molecule has 4 aromatic rings. The minimum absolute atomic E-state index is 0.271. The maximum atomic E-state index is 12.7. The molecule has 1 saturated heterocycles. The molecule has 158 valence electrons. The fourth-order valence-electron chi connectivity index (χ4n) is 4.39. The topological polar surface area (TPSA) is 33.5 Å². The molecular formula is C26H24ClNO2S. The van der Waals surface area contributed by atoms with Gasteiger partial charge in [-0.3, -0.25) is 0 Å². The first-order valence-corrected chi connectivity index (χ1v) is 11.9. The van der Waals surface area contributed by atoms with E-state index in [0.29, 0.717) is 11.1 Å². The van der Waals surface area contributed by atoms with E-state index in [0.717, 1.165) is 46.9 Å². The third-order valence-corrected chi connectivity index (χ3v) is 7.43. The Morgan fingerprint density at radius 2 is 1.97 bits per heavy atom. The third-order valence-electron chi connectivity index (χ3n) is 6.08. The molecule has 5 rings (SSSR count). The van der Waals surface area contributed by atoms with Crippen molar-refractivity contribution in [2.75, 3.05) is 18.0 Å². The number of halogens is 1. The standard InChI is InChI=1S/C26H24ClNO2S/c1-17(6-4-7-18-8-5-9-20-15-24(27)31-25(18)20)22-14-19-10-11-21(28-12-2-3-13-28)16-23(19)30-26(22)29/h5-6,8-11,14-16H,2-4,7,12-13H2,1H3/b17-6+. The van der Waals surface area contributed by atoms with Crippen molar-refractivity contribution >= 4 is 55.3 Å². The van der Waals surface area contributed by atoms with Crippen molar-refractivity contribution in [1.29, 1.82) is 0 Å². The van der Waals surface area contributed by atoms with Crippen LogP contribution < -0.4 is 10.5 Å². The minimum Gasteiger partial charge on any atom is -0.422 e. The van der Waals surface area contributed by atoms with Gasteiger partial charge in [0, 0.05) is 34.9 Å². The Hall–Kier alpha value is -2.56. The molecule has 0 radical (unpaired) electrons. The summed E-state index contributed by atoms with van der Waals surface area (Å²) < 4.78 is 7.77. The number of hydrogen-bond acceptors (Lipinski definition) is 4. The second kappa shape index (κ2) is 8.52. The molecule has 1 aliphatic heterocycles. The van der Waals surface area contributed by atoms with E-state index in [1.807, 2.05) is 25.1 Å². The van der Waals surface area contributed by atoms with E-state index in [4.69, 9.17) is 16.0 Å². The van der Waals surface area contributed by atoms with Gasteiger partial charge in [0.1, 0.15) is 5.58 Å². The molecular weight excluding hydrogens is 426 g/mol. The van der Waals surface area contributed by atoms with Crippen molar-refractivity contribution in [1.82, 2.24) is 0 Å². The van der Waals surface area contributed by atoms with Crippen LogP contribution in [-0.2, 0) is 6.42 Å². The highest BCUT2D eigenvalue weighted by molar-refractivity contribution is 7.22. The Kier molecular flexibility index (Phi) is 5.59. The van der Waals surface area contributed by atoms with Crippen LogP contribution in [0.15, 0.2) is 63.8 Å². The molecule has 3 heterocycles. The zero-order valence-corrected chi connectivity index (χ0v) is 19.1. The Bertz CT molecular complexity index is 1340. The maximum Gasteiger partial charge on any atom is 0.343 e. The van der Waals surface area contributed by atoms with Crippen LogP contribution in [0.3, 0.4) is 0 Å². The highest BCUT2D eigenvalue weighted by Gasteiger charge is 2.14.